The van der Waals surface area contributed by atoms with Crippen molar-refractivity contribution in [3.8, 4) is 0 Å². The average Bonchev–Trinajstić information content (AvgIpc) is 3.41. The summed E-state index contributed by atoms with van der Waals surface area (Å²) in [5.41, 5.74) is 3.04. The molecule has 1 aromatic carbocycles. The zero-order valence-electron chi connectivity index (χ0n) is 14.9. The van der Waals surface area contributed by atoms with Crippen molar-refractivity contribution in [1.29, 1.82) is 0 Å². The highest BCUT2D eigenvalue weighted by Gasteiger charge is 2.31. The average molecular weight is 361 g/mol. The summed E-state index contributed by atoms with van der Waals surface area (Å²) in [5, 5.41) is 0.926. The molecule has 0 radical (unpaired) electrons. The minimum absolute atomic E-state index is 0.00365. The van der Waals surface area contributed by atoms with Gasteiger partial charge in [0.15, 0.2) is 5.65 Å². The molecule has 0 saturated carbocycles. The van der Waals surface area contributed by atoms with Crippen molar-refractivity contribution < 1.29 is 4.79 Å². The number of hydrogen-bond acceptors (Lipinski definition) is 3. The van der Waals surface area contributed by atoms with Gasteiger partial charge in [0.25, 0.3) is 5.91 Å². The van der Waals surface area contributed by atoms with Gasteiger partial charge in [-0.15, -0.1) is 0 Å². The molecule has 0 bridgehead atoms. The number of aromatic nitrogens is 4. The Kier molecular flexibility index (Phi) is 3.43. The van der Waals surface area contributed by atoms with Crippen LogP contribution in [0.2, 0.25) is 0 Å². The number of hydrogen-bond donors (Lipinski definition) is 1. The van der Waals surface area contributed by atoms with Gasteiger partial charge < -0.3 is 9.88 Å². The summed E-state index contributed by atoms with van der Waals surface area (Å²) in [6, 6.07) is 11.3. The van der Waals surface area contributed by atoms with E-state index in [0.717, 1.165) is 22.8 Å². The topological polar surface area (TPSA) is 75.9 Å². The Bertz CT molecular complexity index is 1230. The number of nitrogens with zero attached hydrogens (tertiary/aromatic N) is 4. The summed E-state index contributed by atoms with van der Waals surface area (Å²) in [6.45, 7) is 1.13. The lowest BCUT2D eigenvalue weighted by molar-refractivity contribution is 0.0789. The SMILES string of the molecule is Cn1c(=O)n([C@@H]2CCN(C(=O)c3cccc4[nH]ccc34)C2)c2ncccc21. The van der Waals surface area contributed by atoms with Crippen molar-refractivity contribution in [3.05, 3.63) is 64.8 Å². The number of benzene rings is 1. The van der Waals surface area contributed by atoms with Crippen LogP contribution in [0.1, 0.15) is 22.8 Å². The maximum absolute atomic E-state index is 13.1. The molecule has 0 aliphatic carbocycles. The zero-order chi connectivity index (χ0) is 18.5. The van der Waals surface area contributed by atoms with E-state index in [1.54, 1.807) is 22.4 Å². The summed E-state index contributed by atoms with van der Waals surface area (Å²) in [7, 11) is 1.76. The first-order valence-electron chi connectivity index (χ1n) is 9.02. The number of carbonyl (C=O) groups excluding carboxylic acids is 1. The van der Waals surface area contributed by atoms with Crippen LogP contribution in [0.3, 0.4) is 0 Å². The number of rotatable bonds is 2. The predicted molar refractivity (Wildman–Crippen MR) is 103 cm³/mol. The van der Waals surface area contributed by atoms with E-state index >= 15 is 0 Å². The highest BCUT2D eigenvalue weighted by atomic mass is 16.2. The van der Waals surface area contributed by atoms with E-state index in [1.165, 1.54) is 0 Å². The molecule has 7 heteroatoms. The lowest BCUT2D eigenvalue weighted by Crippen LogP contribution is -2.31. The molecule has 1 amide bonds. The number of H-pyrrole nitrogens is 1. The van der Waals surface area contributed by atoms with Crippen molar-refractivity contribution in [1.82, 2.24) is 24.0 Å². The molecular formula is C20H19N5O2. The lowest BCUT2D eigenvalue weighted by Gasteiger charge is -2.17. The Morgan fingerprint density at radius 1 is 1.22 bits per heavy atom. The summed E-state index contributed by atoms with van der Waals surface area (Å²) in [4.78, 5) is 35.2. The number of amides is 1. The lowest BCUT2D eigenvalue weighted by atomic mass is 10.1. The molecule has 0 unspecified atom stereocenters. The van der Waals surface area contributed by atoms with Crippen molar-refractivity contribution in [2.24, 2.45) is 7.05 Å². The Morgan fingerprint density at radius 2 is 2.11 bits per heavy atom. The molecule has 7 nitrogen and oxygen atoms in total. The predicted octanol–water partition coefficient (Wildman–Crippen LogP) is 2.30. The van der Waals surface area contributed by atoms with Gasteiger partial charge in [0.1, 0.15) is 0 Å². The number of aromatic amines is 1. The molecule has 1 aliphatic heterocycles. The van der Waals surface area contributed by atoms with E-state index in [0.29, 0.717) is 24.3 Å². The van der Waals surface area contributed by atoms with Crippen LogP contribution in [0.15, 0.2) is 53.6 Å². The summed E-state index contributed by atoms with van der Waals surface area (Å²) in [5.74, 6) is 0.00365. The first-order valence-corrected chi connectivity index (χ1v) is 9.02. The molecule has 1 aliphatic rings. The van der Waals surface area contributed by atoms with E-state index in [2.05, 4.69) is 9.97 Å². The van der Waals surface area contributed by atoms with E-state index in [9.17, 15) is 9.59 Å². The van der Waals surface area contributed by atoms with Gasteiger partial charge in [0.2, 0.25) is 0 Å². The Morgan fingerprint density at radius 3 is 3.00 bits per heavy atom. The maximum Gasteiger partial charge on any atom is 0.330 e. The van der Waals surface area contributed by atoms with Crippen molar-refractivity contribution in [3.63, 3.8) is 0 Å². The van der Waals surface area contributed by atoms with Crippen molar-refractivity contribution >= 4 is 28.0 Å². The van der Waals surface area contributed by atoms with Gasteiger partial charge in [-0.2, -0.15) is 0 Å². The van der Waals surface area contributed by atoms with E-state index in [1.807, 2.05) is 47.5 Å². The van der Waals surface area contributed by atoms with Gasteiger partial charge in [0, 0.05) is 49.0 Å². The first kappa shape index (κ1) is 15.9. The van der Waals surface area contributed by atoms with Crippen LogP contribution in [0.5, 0.6) is 0 Å². The summed E-state index contributed by atoms with van der Waals surface area (Å²) < 4.78 is 3.35. The van der Waals surface area contributed by atoms with Crippen LogP contribution in [0, 0.1) is 0 Å². The number of nitrogens with one attached hydrogen (secondary N) is 1. The second kappa shape index (κ2) is 5.84. The quantitative estimate of drug-likeness (QED) is 0.595. The molecule has 4 heterocycles. The monoisotopic (exact) mass is 361 g/mol. The molecule has 1 atom stereocenters. The second-order valence-corrected chi connectivity index (χ2v) is 7.00. The van der Waals surface area contributed by atoms with Crippen molar-refractivity contribution in [2.45, 2.75) is 12.5 Å². The fraction of sp³-hybridized carbons (Fsp3) is 0.250. The molecule has 5 rings (SSSR count). The van der Waals surface area contributed by atoms with Gasteiger partial charge in [0.05, 0.1) is 11.6 Å². The smallest absolute Gasteiger partial charge is 0.330 e. The zero-order valence-corrected chi connectivity index (χ0v) is 14.9. The third-order valence-corrected chi connectivity index (χ3v) is 5.49. The Labute approximate surface area is 154 Å². The fourth-order valence-corrected chi connectivity index (χ4v) is 4.10. The molecule has 1 N–H and O–H groups in total. The molecule has 27 heavy (non-hydrogen) atoms. The van der Waals surface area contributed by atoms with Crippen molar-refractivity contribution in [2.75, 3.05) is 13.1 Å². The van der Waals surface area contributed by atoms with Crippen LogP contribution in [-0.4, -0.2) is 43.0 Å². The highest BCUT2D eigenvalue weighted by molar-refractivity contribution is 6.06. The molecule has 3 aromatic heterocycles. The van der Waals surface area contributed by atoms with Gasteiger partial charge in [-0.1, -0.05) is 6.07 Å². The molecular weight excluding hydrogens is 342 g/mol. The normalized spacial score (nSPS) is 17.2. The van der Waals surface area contributed by atoms with Crippen LogP contribution < -0.4 is 5.69 Å². The first-order chi connectivity index (χ1) is 13.1. The standard InChI is InChI=1S/C20H19N5O2/c1-23-17-6-3-9-22-18(17)25(20(23)27)13-8-11-24(12-13)19(26)15-4-2-5-16-14(15)7-10-21-16/h2-7,9-10,13,21H,8,11-12H2,1H3/t13-/m1/s1. The third-order valence-electron chi connectivity index (χ3n) is 5.49. The second-order valence-electron chi connectivity index (χ2n) is 7.00. The highest BCUT2D eigenvalue weighted by Crippen LogP contribution is 2.27. The number of pyridine rings is 1. The van der Waals surface area contributed by atoms with E-state index in [-0.39, 0.29) is 17.6 Å². The van der Waals surface area contributed by atoms with Gasteiger partial charge in [-0.3, -0.25) is 13.9 Å². The van der Waals surface area contributed by atoms with Gasteiger partial charge >= 0.3 is 5.69 Å². The number of carbonyl (C=O) groups is 1. The number of fused-ring (bicyclic) bond motifs is 2. The number of imidazole rings is 1. The number of likely N-dealkylation sites (tertiary alicyclic amines) is 1. The summed E-state index contributed by atoms with van der Waals surface area (Å²) in [6.07, 6.45) is 4.28. The Hall–Kier alpha value is -3.35. The fourth-order valence-electron chi connectivity index (χ4n) is 4.10. The minimum Gasteiger partial charge on any atom is -0.361 e. The van der Waals surface area contributed by atoms with Gasteiger partial charge in [-0.25, -0.2) is 9.78 Å². The van der Waals surface area contributed by atoms with E-state index < -0.39 is 0 Å². The van der Waals surface area contributed by atoms with Crippen LogP contribution in [0.4, 0.5) is 0 Å². The minimum atomic E-state index is -0.0873. The largest absolute Gasteiger partial charge is 0.361 e. The molecule has 0 spiro atoms. The molecule has 136 valence electrons. The third kappa shape index (κ3) is 2.31. The van der Waals surface area contributed by atoms with Crippen LogP contribution in [0.25, 0.3) is 22.1 Å². The summed E-state index contributed by atoms with van der Waals surface area (Å²) >= 11 is 0. The van der Waals surface area contributed by atoms with Crippen LogP contribution >= 0.6 is 0 Å². The van der Waals surface area contributed by atoms with Gasteiger partial charge in [-0.05, 0) is 36.8 Å². The number of aryl methyl sites for hydroxylation is 1. The molecule has 4 aromatic rings. The molecule has 1 fully saturated rings. The van der Waals surface area contributed by atoms with Crippen LogP contribution in [-0.2, 0) is 7.05 Å². The maximum atomic E-state index is 13.1. The Balaban J connectivity index is 1.49. The molecule has 1 saturated heterocycles. The van der Waals surface area contributed by atoms with E-state index in [4.69, 9.17) is 0 Å².